The van der Waals surface area contributed by atoms with Gasteiger partial charge in [0.1, 0.15) is 0 Å². The molecule has 0 aromatic heterocycles. The van der Waals surface area contributed by atoms with E-state index in [1.54, 1.807) is 7.11 Å². The average Bonchev–Trinajstić information content (AvgIpc) is 2.20. The van der Waals surface area contributed by atoms with E-state index in [0.717, 1.165) is 25.9 Å². The van der Waals surface area contributed by atoms with E-state index < -0.39 is 5.97 Å². The quantitative estimate of drug-likeness (QED) is 0.571. The fraction of sp³-hybridized carbons (Fsp3) is 0.917. The van der Waals surface area contributed by atoms with Gasteiger partial charge in [0, 0.05) is 20.1 Å². The summed E-state index contributed by atoms with van der Waals surface area (Å²) in [7, 11) is 1.73. The van der Waals surface area contributed by atoms with Crippen LogP contribution in [0.3, 0.4) is 0 Å². The van der Waals surface area contributed by atoms with Gasteiger partial charge in [0.15, 0.2) is 0 Å². The van der Waals surface area contributed by atoms with Gasteiger partial charge < -0.3 is 9.84 Å². The van der Waals surface area contributed by atoms with E-state index in [2.05, 4.69) is 6.92 Å². The second kappa shape index (κ2) is 9.97. The smallest absolute Gasteiger partial charge is 0.303 e. The normalized spacial score (nSPS) is 12.7. The van der Waals surface area contributed by atoms with E-state index >= 15 is 0 Å². The van der Waals surface area contributed by atoms with Crippen LogP contribution >= 0.6 is 0 Å². The topological polar surface area (TPSA) is 46.5 Å². The Morgan fingerprint density at radius 1 is 1.20 bits per heavy atom. The highest BCUT2D eigenvalue weighted by atomic mass is 16.5. The summed E-state index contributed by atoms with van der Waals surface area (Å²) in [6.45, 7) is 2.99. The maximum atomic E-state index is 10.3. The lowest BCUT2D eigenvalue weighted by Gasteiger charge is -2.09. The van der Waals surface area contributed by atoms with Crippen LogP contribution in [-0.4, -0.2) is 24.8 Å². The Kier molecular flexibility index (Phi) is 9.59. The van der Waals surface area contributed by atoms with Gasteiger partial charge in [-0.25, -0.2) is 0 Å². The van der Waals surface area contributed by atoms with E-state index in [1.807, 2.05) is 0 Å². The molecule has 0 radical (unpaired) electrons. The zero-order valence-electron chi connectivity index (χ0n) is 10.00. The molecule has 0 spiro atoms. The Morgan fingerprint density at radius 3 is 2.47 bits per heavy atom. The molecule has 0 aliphatic rings. The first-order valence-corrected chi connectivity index (χ1v) is 5.87. The monoisotopic (exact) mass is 216 g/mol. The van der Waals surface area contributed by atoms with Crippen molar-refractivity contribution in [2.24, 2.45) is 5.92 Å². The fourth-order valence-electron chi connectivity index (χ4n) is 1.61. The summed E-state index contributed by atoms with van der Waals surface area (Å²) in [4.78, 5) is 10.3. The molecule has 90 valence electrons. The van der Waals surface area contributed by atoms with E-state index in [1.165, 1.54) is 19.3 Å². The minimum absolute atomic E-state index is 0.310. The second-order valence-corrected chi connectivity index (χ2v) is 4.23. The molecule has 3 nitrogen and oxygen atoms in total. The number of rotatable bonds is 10. The predicted molar refractivity (Wildman–Crippen MR) is 61.0 cm³/mol. The maximum Gasteiger partial charge on any atom is 0.303 e. The Balaban J connectivity index is 3.16. The molecule has 1 atom stereocenters. The number of methoxy groups -OCH3 is 1. The number of ether oxygens (including phenoxy) is 1. The molecule has 1 unspecified atom stereocenters. The molecule has 0 rings (SSSR count). The first kappa shape index (κ1) is 14.4. The minimum Gasteiger partial charge on any atom is -0.481 e. The van der Waals surface area contributed by atoms with Crippen molar-refractivity contribution < 1.29 is 14.6 Å². The Labute approximate surface area is 92.8 Å². The molecule has 0 aliphatic carbocycles. The summed E-state index contributed by atoms with van der Waals surface area (Å²) in [6.07, 6.45) is 7.09. The summed E-state index contributed by atoms with van der Waals surface area (Å²) in [5.41, 5.74) is 0. The molecule has 0 saturated carbocycles. The van der Waals surface area contributed by atoms with Crippen molar-refractivity contribution in [3.8, 4) is 0 Å². The number of carboxylic acids is 1. The number of carboxylic acid groups (broad SMARTS) is 1. The van der Waals surface area contributed by atoms with Gasteiger partial charge in [-0.2, -0.15) is 0 Å². The zero-order valence-corrected chi connectivity index (χ0v) is 10.00. The van der Waals surface area contributed by atoms with Gasteiger partial charge in [0.25, 0.3) is 0 Å². The molecule has 0 bridgehead atoms. The van der Waals surface area contributed by atoms with Gasteiger partial charge in [0.05, 0.1) is 0 Å². The molecule has 0 aromatic rings. The van der Waals surface area contributed by atoms with Crippen LogP contribution in [0.5, 0.6) is 0 Å². The third-order valence-electron chi connectivity index (χ3n) is 2.65. The third-order valence-corrected chi connectivity index (χ3v) is 2.65. The molecule has 3 heteroatoms. The first-order valence-electron chi connectivity index (χ1n) is 5.87. The minimum atomic E-state index is -0.679. The number of hydrogen-bond acceptors (Lipinski definition) is 2. The van der Waals surface area contributed by atoms with Crippen LogP contribution in [0.4, 0.5) is 0 Å². The predicted octanol–water partition coefficient (Wildman–Crippen LogP) is 3.08. The lowest BCUT2D eigenvalue weighted by molar-refractivity contribution is -0.137. The van der Waals surface area contributed by atoms with Crippen molar-refractivity contribution in [3.63, 3.8) is 0 Å². The SMILES string of the molecule is COCCCCCCC(C)CCC(=O)O. The van der Waals surface area contributed by atoms with Crippen LogP contribution in [0.1, 0.15) is 51.9 Å². The van der Waals surface area contributed by atoms with Gasteiger partial charge in [-0.1, -0.05) is 32.6 Å². The molecule has 0 aromatic carbocycles. The third kappa shape index (κ3) is 11.4. The maximum absolute atomic E-state index is 10.3. The highest BCUT2D eigenvalue weighted by Crippen LogP contribution is 2.15. The van der Waals surface area contributed by atoms with Crippen LogP contribution in [0, 0.1) is 5.92 Å². The number of carbonyl (C=O) groups is 1. The second-order valence-electron chi connectivity index (χ2n) is 4.23. The van der Waals surface area contributed by atoms with Gasteiger partial charge in [-0.3, -0.25) is 4.79 Å². The Hall–Kier alpha value is -0.570. The van der Waals surface area contributed by atoms with Crippen molar-refractivity contribution >= 4 is 5.97 Å². The number of unbranched alkanes of at least 4 members (excludes halogenated alkanes) is 3. The van der Waals surface area contributed by atoms with Crippen LogP contribution in [0.15, 0.2) is 0 Å². The lowest BCUT2D eigenvalue weighted by atomic mass is 9.98. The van der Waals surface area contributed by atoms with E-state index in [9.17, 15) is 4.79 Å². The molecule has 0 amide bonds. The summed E-state index contributed by atoms with van der Waals surface area (Å²) >= 11 is 0. The molecular formula is C12H24O3. The van der Waals surface area contributed by atoms with Crippen molar-refractivity contribution in [3.05, 3.63) is 0 Å². The number of aliphatic carboxylic acids is 1. The number of hydrogen-bond donors (Lipinski definition) is 1. The molecule has 0 heterocycles. The zero-order chi connectivity index (χ0) is 11.5. The van der Waals surface area contributed by atoms with Crippen LogP contribution < -0.4 is 0 Å². The highest BCUT2D eigenvalue weighted by molar-refractivity contribution is 5.66. The largest absolute Gasteiger partial charge is 0.481 e. The summed E-state index contributed by atoms with van der Waals surface area (Å²) in [5, 5.41) is 8.52. The van der Waals surface area contributed by atoms with Crippen LogP contribution in [0.25, 0.3) is 0 Å². The Bertz CT molecular complexity index is 157. The van der Waals surface area contributed by atoms with Gasteiger partial charge in [-0.05, 0) is 18.8 Å². The van der Waals surface area contributed by atoms with Gasteiger partial charge in [-0.15, -0.1) is 0 Å². The van der Waals surface area contributed by atoms with Crippen molar-refractivity contribution in [1.29, 1.82) is 0 Å². The molecular weight excluding hydrogens is 192 g/mol. The summed E-state index contributed by atoms with van der Waals surface area (Å²) < 4.78 is 4.97. The molecule has 1 N–H and O–H groups in total. The average molecular weight is 216 g/mol. The highest BCUT2D eigenvalue weighted by Gasteiger charge is 2.04. The van der Waals surface area contributed by atoms with Crippen molar-refractivity contribution in [2.75, 3.05) is 13.7 Å². The van der Waals surface area contributed by atoms with Crippen LogP contribution in [0.2, 0.25) is 0 Å². The lowest BCUT2D eigenvalue weighted by Crippen LogP contribution is -2.01. The van der Waals surface area contributed by atoms with Crippen molar-refractivity contribution in [1.82, 2.24) is 0 Å². The molecule has 15 heavy (non-hydrogen) atoms. The fourth-order valence-corrected chi connectivity index (χ4v) is 1.61. The van der Waals surface area contributed by atoms with E-state index in [-0.39, 0.29) is 0 Å². The van der Waals surface area contributed by atoms with Gasteiger partial charge in [0.2, 0.25) is 0 Å². The van der Waals surface area contributed by atoms with Crippen molar-refractivity contribution in [2.45, 2.75) is 51.9 Å². The molecule has 0 fully saturated rings. The van der Waals surface area contributed by atoms with Gasteiger partial charge >= 0.3 is 5.97 Å². The first-order chi connectivity index (χ1) is 7.16. The molecule has 0 aliphatic heterocycles. The Morgan fingerprint density at radius 2 is 1.87 bits per heavy atom. The molecule has 0 saturated heterocycles. The summed E-state index contributed by atoms with van der Waals surface area (Å²) in [6, 6.07) is 0. The van der Waals surface area contributed by atoms with E-state index in [4.69, 9.17) is 9.84 Å². The van der Waals surface area contributed by atoms with Crippen LogP contribution in [-0.2, 0) is 9.53 Å². The standard InChI is InChI=1S/C12H24O3/c1-11(8-9-12(13)14)7-5-3-4-6-10-15-2/h11H,3-10H2,1-2H3,(H,13,14). The summed E-state index contributed by atoms with van der Waals surface area (Å²) in [5.74, 6) is -0.134. The van der Waals surface area contributed by atoms with E-state index in [0.29, 0.717) is 12.3 Å².